The van der Waals surface area contributed by atoms with E-state index in [-0.39, 0.29) is 24.1 Å². The molecule has 2 rings (SSSR count). The molecule has 0 fully saturated rings. The first kappa shape index (κ1) is 15.9. The van der Waals surface area contributed by atoms with Crippen LogP contribution in [0.25, 0.3) is 0 Å². The fourth-order valence-electron chi connectivity index (χ4n) is 2.63. The highest BCUT2D eigenvalue weighted by Gasteiger charge is 2.34. The van der Waals surface area contributed by atoms with E-state index in [1.54, 1.807) is 24.3 Å². The van der Waals surface area contributed by atoms with Crippen LogP contribution in [0.15, 0.2) is 48.5 Å². The summed E-state index contributed by atoms with van der Waals surface area (Å²) in [6.45, 7) is 3.60. The monoisotopic (exact) mass is 300 g/mol. The zero-order valence-electron chi connectivity index (χ0n) is 12.7. The molecule has 0 aliphatic carbocycles. The number of esters is 1. The normalized spacial score (nSPS) is 11.2. The van der Waals surface area contributed by atoms with Crippen LogP contribution in [-0.2, 0) is 14.9 Å². The van der Waals surface area contributed by atoms with Crippen molar-refractivity contribution < 1.29 is 19.7 Å². The first-order chi connectivity index (χ1) is 10.5. The van der Waals surface area contributed by atoms with E-state index in [0.29, 0.717) is 6.42 Å². The Balaban J connectivity index is 2.52. The molecule has 0 aromatic heterocycles. The van der Waals surface area contributed by atoms with E-state index in [9.17, 15) is 15.0 Å². The van der Waals surface area contributed by atoms with E-state index in [1.165, 1.54) is 6.92 Å². The van der Waals surface area contributed by atoms with Gasteiger partial charge in [-0.1, -0.05) is 31.2 Å². The summed E-state index contributed by atoms with van der Waals surface area (Å²) in [5.41, 5.74) is 1.37. The molecule has 0 saturated heterocycles. The molecule has 0 saturated carbocycles. The largest absolute Gasteiger partial charge is 0.508 e. The van der Waals surface area contributed by atoms with Crippen molar-refractivity contribution in [1.82, 2.24) is 0 Å². The van der Waals surface area contributed by atoms with Crippen LogP contribution in [0.2, 0.25) is 0 Å². The van der Waals surface area contributed by atoms with E-state index < -0.39 is 5.41 Å². The van der Waals surface area contributed by atoms with Gasteiger partial charge in [0.2, 0.25) is 0 Å². The number of rotatable bonds is 5. The molecule has 2 aromatic carbocycles. The minimum absolute atomic E-state index is 0.187. The number of benzene rings is 2. The third-order valence-corrected chi connectivity index (χ3v) is 3.97. The van der Waals surface area contributed by atoms with E-state index in [1.807, 2.05) is 31.2 Å². The van der Waals surface area contributed by atoms with Crippen molar-refractivity contribution in [2.24, 2.45) is 0 Å². The molecule has 0 spiro atoms. The molecule has 0 aliphatic rings. The topological polar surface area (TPSA) is 66.8 Å². The van der Waals surface area contributed by atoms with Gasteiger partial charge in [0.05, 0.1) is 5.41 Å². The highest BCUT2D eigenvalue weighted by molar-refractivity contribution is 5.66. The number of carbonyl (C=O) groups excluding carboxylic acids is 1. The highest BCUT2D eigenvalue weighted by Crippen LogP contribution is 2.37. The molecule has 0 heterocycles. The number of aromatic hydroxyl groups is 2. The van der Waals surface area contributed by atoms with Gasteiger partial charge in [0.25, 0.3) is 0 Å². The molecule has 116 valence electrons. The fourth-order valence-corrected chi connectivity index (χ4v) is 2.63. The first-order valence-electron chi connectivity index (χ1n) is 7.20. The van der Waals surface area contributed by atoms with Gasteiger partial charge in [-0.25, -0.2) is 0 Å². The summed E-state index contributed by atoms with van der Waals surface area (Å²) in [5.74, 6) is 0.0364. The summed E-state index contributed by atoms with van der Waals surface area (Å²) < 4.78 is 5.30. The summed E-state index contributed by atoms with van der Waals surface area (Å²) in [4.78, 5) is 11.3. The van der Waals surface area contributed by atoms with E-state index >= 15 is 0 Å². The number of carbonyl (C=O) groups is 1. The van der Waals surface area contributed by atoms with Gasteiger partial charge in [0.15, 0.2) is 0 Å². The predicted molar refractivity (Wildman–Crippen MR) is 83.9 cm³/mol. The zero-order chi connectivity index (χ0) is 16.2. The van der Waals surface area contributed by atoms with Gasteiger partial charge in [-0.15, -0.1) is 0 Å². The fraction of sp³-hybridized carbons (Fsp3) is 0.278. The van der Waals surface area contributed by atoms with Gasteiger partial charge in [-0.05, 0) is 41.8 Å². The van der Waals surface area contributed by atoms with Crippen molar-refractivity contribution in [1.29, 1.82) is 0 Å². The molecule has 0 unspecified atom stereocenters. The lowest BCUT2D eigenvalue weighted by Crippen LogP contribution is -2.33. The van der Waals surface area contributed by atoms with Gasteiger partial charge in [-0.3, -0.25) is 4.79 Å². The first-order valence-corrected chi connectivity index (χ1v) is 7.20. The van der Waals surface area contributed by atoms with Crippen molar-refractivity contribution in [3.63, 3.8) is 0 Å². The molecule has 0 radical (unpaired) electrons. The summed E-state index contributed by atoms with van der Waals surface area (Å²) in [7, 11) is 0. The maximum atomic E-state index is 11.3. The summed E-state index contributed by atoms with van der Waals surface area (Å²) in [6.07, 6.45) is 0.704. The number of phenolic OH excluding ortho intramolecular Hbond substituents is 2. The summed E-state index contributed by atoms with van der Waals surface area (Å²) in [5, 5.41) is 19.0. The second kappa shape index (κ2) is 6.52. The standard InChI is InChI=1S/C18H20O4/c1-3-18(12-22-13(2)19,14-4-8-16(20)9-5-14)15-6-10-17(21)11-7-15/h4-11,20-21H,3,12H2,1-2H3. The average Bonchev–Trinajstić information content (AvgIpc) is 2.51. The molecule has 2 aromatic rings. The Kier molecular flexibility index (Phi) is 4.71. The smallest absolute Gasteiger partial charge is 0.302 e. The summed E-state index contributed by atoms with van der Waals surface area (Å²) in [6, 6.07) is 13.8. The lowest BCUT2D eigenvalue weighted by Gasteiger charge is -2.33. The van der Waals surface area contributed by atoms with Crippen LogP contribution in [0.1, 0.15) is 31.4 Å². The van der Waals surface area contributed by atoms with Crippen LogP contribution in [0.3, 0.4) is 0 Å². The van der Waals surface area contributed by atoms with Crippen LogP contribution >= 0.6 is 0 Å². The molecule has 0 amide bonds. The van der Waals surface area contributed by atoms with E-state index in [4.69, 9.17) is 4.74 Å². The van der Waals surface area contributed by atoms with Crippen LogP contribution in [-0.4, -0.2) is 22.8 Å². The minimum atomic E-state index is -0.521. The van der Waals surface area contributed by atoms with Gasteiger partial charge in [0.1, 0.15) is 18.1 Å². The molecule has 4 nitrogen and oxygen atoms in total. The van der Waals surface area contributed by atoms with E-state index in [0.717, 1.165) is 11.1 Å². The minimum Gasteiger partial charge on any atom is -0.508 e. The Labute approximate surface area is 130 Å². The number of hydrogen-bond acceptors (Lipinski definition) is 4. The van der Waals surface area contributed by atoms with Gasteiger partial charge < -0.3 is 14.9 Å². The third kappa shape index (κ3) is 3.22. The number of ether oxygens (including phenoxy) is 1. The maximum Gasteiger partial charge on any atom is 0.302 e. The predicted octanol–water partition coefficient (Wildman–Crippen LogP) is 3.36. The lowest BCUT2D eigenvalue weighted by molar-refractivity contribution is -0.142. The van der Waals surface area contributed by atoms with Gasteiger partial charge in [0, 0.05) is 6.92 Å². The Hall–Kier alpha value is -2.49. The van der Waals surface area contributed by atoms with Crippen molar-refractivity contribution in [2.45, 2.75) is 25.7 Å². The Morgan fingerprint density at radius 3 is 1.68 bits per heavy atom. The maximum absolute atomic E-state index is 11.3. The average molecular weight is 300 g/mol. The van der Waals surface area contributed by atoms with Crippen molar-refractivity contribution in [2.75, 3.05) is 6.61 Å². The van der Waals surface area contributed by atoms with Crippen molar-refractivity contribution >= 4 is 5.97 Å². The number of phenols is 2. The second-order valence-electron chi connectivity index (χ2n) is 5.31. The molecular formula is C18H20O4. The van der Waals surface area contributed by atoms with Crippen molar-refractivity contribution in [3.8, 4) is 11.5 Å². The highest BCUT2D eigenvalue weighted by atomic mass is 16.5. The Bertz CT molecular complexity index is 584. The molecule has 2 N–H and O–H groups in total. The van der Waals surface area contributed by atoms with Gasteiger partial charge in [-0.2, -0.15) is 0 Å². The molecule has 0 aliphatic heterocycles. The second-order valence-corrected chi connectivity index (χ2v) is 5.31. The number of hydrogen-bond donors (Lipinski definition) is 2. The lowest BCUT2D eigenvalue weighted by atomic mass is 9.73. The molecule has 0 atom stereocenters. The molecular weight excluding hydrogens is 280 g/mol. The quantitative estimate of drug-likeness (QED) is 0.831. The van der Waals surface area contributed by atoms with Crippen LogP contribution in [0.4, 0.5) is 0 Å². The Morgan fingerprint density at radius 1 is 0.955 bits per heavy atom. The zero-order valence-corrected chi connectivity index (χ0v) is 12.7. The Morgan fingerprint density at radius 2 is 1.36 bits per heavy atom. The van der Waals surface area contributed by atoms with E-state index in [2.05, 4.69) is 0 Å². The van der Waals surface area contributed by atoms with Crippen LogP contribution in [0, 0.1) is 0 Å². The molecule has 22 heavy (non-hydrogen) atoms. The molecule has 4 heteroatoms. The van der Waals surface area contributed by atoms with Gasteiger partial charge >= 0.3 is 5.97 Å². The van der Waals surface area contributed by atoms with Crippen LogP contribution < -0.4 is 0 Å². The van der Waals surface area contributed by atoms with Crippen molar-refractivity contribution in [3.05, 3.63) is 59.7 Å². The summed E-state index contributed by atoms with van der Waals surface area (Å²) >= 11 is 0. The SMILES string of the molecule is CCC(COC(C)=O)(c1ccc(O)cc1)c1ccc(O)cc1. The third-order valence-electron chi connectivity index (χ3n) is 3.97. The van der Waals surface area contributed by atoms with Crippen LogP contribution in [0.5, 0.6) is 11.5 Å². The molecule has 0 bridgehead atoms.